The lowest BCUT2D eigenvalue weighted by molar-refractivity contribution is 0.149. The molecule has 1 atom stereocenters. The molecule has 5 nitrogen and oxygen atoms in total. The molecule has 14 heavy (non-hydrogen) atoms. The van der Waals surface area contributed by atoms with Crippen molar-refractivity contribution in [1.82, 2.24) is 15.8 Å². The van der Waals surface area contributed by atoms with Crippen molar-refractivity contribution in [3.63, 3.8) is 0 Å². The summed E-state index contributed by atoms with van der Waals surface area (Å²) in [7, 11) is 3.32. The summed E-state index contributed by atoms with van der Waals surface area (Å²) in [5.41, 5.74) is 7.07. The molecular formula is C9H13N3O2. The first-order chi connectivity index (χ1) is 6.66. The second kappa shape index (κ2) is 3.34. The van der Waals surface area contributed by atoms with Crippen LogP contribution >= 0.6 is 0 Å². The number of rotatable bonds is 1. The fourth-order valence-corrected chi connectivity index (χ4v) is 1.41. The summed E-state index contributed by atoms with van der Waals surface area (Å²) in [6.07, 6.45) is 3.43. The number of hydrogen-bond acceptors (Lipinski definition) is 4. The smallest absolute Gasteiger partial charge is 0.410 e. The molecular weight excluding hydrogens is 182 g/mol. The zero-order chi connectivity index (χ0) is 10.1. The van der Waals surface area contributed by atoms with E-state index in [1.165, 1.54) is 4.90 Å². The third-order valence-electron chi connectivity index (χ3n) is 2.19. The van der Waals surface area contributed by atoms with Crippen LogP contribution in [0.25, 0.3) is 0 Å². The third kappa shape index (κ3) is 1.58. The van der Waals surface area contributed by atoms with E-state index in [2.05, 4.69) is 10.9 Å². The predicted octanol–water partition coefficient (Wildman–Crippen LogP) is 0.190. The Bertz CT molecular complexity index is 320. The molecule has 1 amide bonds. The maximum Gasteiger partial charge on any atom is 0.414 e. The Morgan fingerprint density at radius 3 is 3.07 bits per heavy atom. The van der Waals surface area contributed by atoms with Gasteiger partial charge in [-0.15, -0.1) is 0 Å². The van der Waals surface area contributed by atoms with Crippen LogP contribution in [-0.4, -0.2) is 31.6 Å². The van der Waals surface area contributed by atoms with Crippen molar-refractivity contribution in [2.45, 2.75) is 0 Å². The topological polar surface area (TPSA) is 53.6 Å². The van der Waals surface area contributed by atoms with Gasteiger partial charge in [0.25, 0.3) is 0 Å². The summed E-state index contributed by atoms with van der Waals surface area (Å²) in [6, 6.07) is 0. The molecule has 2 N–H and O–H groups in total. The normalized spacial score (nSPS) is 23.4. The van der Waals surface area contributed by atoms with Gasteiger partial charge in [0.2, 0.25) is 0 Å². The maximum absolute atomic E-state index is 11.2. The third-order valence-corrected chi connectivity index (χ3v) is 2.19. The van der Waals surface area contributed by atoms with Crippen LogP contribution in [0.3, 0.4) is 0 Å². The van der Waals surface area contributed by atoms with Gasteiger partial charge >= 0.3 is 6.09 Å². The van der Waals surface area contributed by atoms with Crippen LogP contribution in [-0.2, 0) is 4.74 Å². The van der Waals surface area contributed by atoms with E-state index in [1.807, 2.05) is 12.2 Å². The minimum atomic E-state index is -0.346. The van der Waals surface area contributed by atoms with Crippen molar-refractivity contribution in [2.24, 2.45) is 5.92 Å². The highest BCUT2D eigenvalue weighted by Gasteiger charge is 2.25. The Kier molecular flexibility index (Phi) is 2.17. The number of fused-ring (bicyclic) bond motifs is 1. The molecule has 1 saturated heterocycles. The minimum Gasteiger partial charge on any atom is -0.410 e. The number of ether oxygens (including phenoxy) is 1. The Labute approximate surface area is 82.4 Å². The van der Waals surface area contributed by atoms with Gasteiger partial charge in [-0.05, 0) is 6.08 Å². The molecule has 76 valence electrons. The monoisotopic (exact) mass is 195 g/mol. The number of hydrazine groups is 1. The molecule has 1 aliphatic heterocycles. The highest BCUT2D eigenvalue weighted by molar-refractivity contribution is 5.68. The quantitative estimate of drug-likeness (QED) is 0.627. The molecule has 0 radical (unpaired) electrons. The molecule has 0 aromatic carbocycles. The van der Waals surface area contributed by atoms with Crippen LogP contribution < -0.4 is 10.9 Å². The summed E-state index contributed by atoms with van der Waals surface area (Å²) in [6.45, 7) is 0.842. The van der Waals surface area contributed by atoms with E-state index < -0.39 is 0 Å². The number of amides is 1. The van der Waals surface area contributed by atoms with Crippen molar-refractivity contribution in [1.29, 1.82) is 0 Å². The largest absolute Gasteiger partial charge is 0.414 e. The van der Waals surface area contributed by atoms with E-state index in [4.69, 9.17) is 4.74 Å². The predicted molar refractivity (Wildman–Crippen MR) is 51.0 cm³/mol. The van der Waals surface area contributed by atoms with Gasteiger partial charge in [0.15, 0.2) is 0 Å². The number of nitrogens with one attached hydrogen (secondary N) is 2. The van der Waals surface area contributed by atoms with E-state index in [0.29, 0.717) is 11.7 Å². The van der Waals surface area contributed by atoms with Gasteiger partial charge in [-0.2, -0.15) is 0 Å². The highest BCUT2D eigenvalue weighted by atomic mass is 16.6. The van der Waals surface area contributed by atoms with Crippen molar-refractivity contribution < 1.29 is 9.53 Å². The van der Waals surface area contributed by atoms with Crippen LogP contribution in [0.5, 0.6) is 0 Å². The molecule has 1 fully saturated rings. The lowest BCUT2D eigenvalue weighted by Gasteiger charge is -2.10. The fourth-order valence-electron chi connectivity index (χ4n) is 1.41. The summed E-state index contributed by atoms with van der Waals surface area (Å²) in [5, 5.41) is 0. The molecule has 5 heteroatoms. The van der Waals surface area contributed by atoms with Crippen molar-refractivity contribution in [3.8, 4) is 0 Å². The van der Waals surface area contributed by atoms with Crippen LogP contribution in [0, 0.1) is 5.92 Å². The molecule has 0 aromatic rings. The Morgan fingerprint density at radius 1 is 1.64 bits per heavy atom. The van der Waals surface area contributed by atoms with Gasteiger partial charge < -0.3 is 15.1 Å². The number of carbonyl (C=O) groups is 1. The zero-order valence-electron chi connectivity index (χ0n) is 8.20. The molecule has 1 unspecified atom stereocenters. The lowest BCUT2D eigenvalue weighted by atomic mass is 10.1. The second-order valence-corrected chi connectivity index (χ2v) is 3.54. The van der Waals surface area contributed by atoms with Gasteiger partial charge in [0.05, 0.1) is 0 Å². The van der Waals surface area contributed by atoms with Gasteiger partial charge in [-0.1, -0.05) is 0 Å². The first-order valence-electron chi connectivity index (χ1n) is 4.48. The molecule has 2 aliphatic rings. The number of carbonyl (C=O) groups excluding carboxylic acids is 1. The Morgan fingerprint density at radius 2 is 2.43 bits per heavy atom. The zero-order valence-corrected chi connectivity index (χ0v) is 8.20. The number of hydrogen-bond donors (Lipinski definition) is 2. The average molecular weight is 195 g/mol. The molecule has 1 aliphatic carbocycles. The molecule has 0 spiro atoms. The van der Waals surface area contributed by atoms with Crippen molar-refractivity contribution >= 4 is 6.09 Å². The first-order valence-corrected chi connectivity index (χ1v) is 4.48. The number of allylic oxidation sites excluding steroid dienone is 1. The summed E-state index contributed by atoms with van der Waals surface area (Å²) < 4.78 is 5.11. The van der Waals surface area contributed by atoms with Gasteiger partial charge in [0.1, 0.15) is 5.76 Å². The Balaban J connectivity index is 1.99. The summed E-state index contributed by atoms with van der Waals surface area (Å²) in [4.78, 5) is 12.6. The van der Waals surface area contributed by atoms with E-state index in [-0.39, 0.29) is 6.09 Å². The van der Waals surface area contributed by atoms with Gasteiger partial charge in [0, 0.05) is 38.3 Å². The lowest BCUT2D eigenvalue weighted by Crippen LogP contribution is -2.23. The van der Waals surface area contributed by atoms with E-state index in [9.17, 15) is 4.79 Å². The SMILES string of the molecule is CN(C)C(=O)OC1=CC2CNNC2=C1. The van der Waals surface area contributed by atoms with Crippen molar-refractivity contribution in [2.75, 3.05) is 20.6 Å². The maximum atomic E-state index is 11.2. The molecule has 0 saturated carbocycles. The highest BCUT2D eigenvalue weighted by Crippen LogP contribution is 2.25. The summed E-state index contributed by atoms with van der Waals surface area (Å²) in [5.74, 6) is 0.942. The second-order valence-electron chi connectivity index (χ2n) is 3.54. The first kappa shape index (κ1) is 9.08. The van der Waals surface area contributed by atoms with E-state index in [1.54, 1.807) is 14.1 Å². The average Bonchev–Trinajstić information content (AvgIpc) is 2.63. The van der Waals surface area contributed by atoms with Crippen LogP contribution in [0.1, 0.15) is 0 Å². The minimum absolute atomic E-state index is 0.319. The molecule has 2 rings (SSSR count). The molecule has 0 aromatic heterocycles. The van der Waals surface area contributed by atoms with E-state index >= 15 is 0 Å². The van der Waals surface area contributed by atoms with Crippen LogP contribution in [0.4, 0.5) is 4.79 Å². The number of nitrogens with zero attached hydrogens (tertiary/aromatic N) is 1. The van der Waals surface area contributed by atoms with Gasteiger partial charge in [-0.25, -0.2) is 10.2 Å². The van der Waals surface area contributed by atoms with Gasteiger partial charge in [-0.3, -0.25) is 0 Å². The van der Waals surface area contributed by atoms with Crippen LogP contribution in [0.2, 0.25) is 0 Å². The fraction of sp³-hybridized carbons (Fsp3) is 0.444. The standard InChI is InChI=1S/C9H13N3O2/c1-12(2)9(13)14-7-3-6-5-10-11-8(6)4-7/h3-4,6,10-11H,5H2,1-2H3. The summed E-state index contributed by atoms with van der Waals surface area (Å²) >= 11 is 0. The Hall–Kier alpha value is -1.49. The molecule has 1 heterocycles. The molecule has 0 bridgehead atoms. The van der Waals surface area contributed by atoms with E-state index in [0.717, 1.165) is 12.2 Å². The van der Waals surface area contributed by atoms with Crippen LogP contribution in [0.15, 0.2) is 23.6 Å². The van der Waals surface area contributed by atoms with Crippen molar-refractivity contribution in [3.05, 3.63) is 23.6 Å².